The summed E-state index contributed by atoms with van der Waals surface area (Å²) in [6.45, 7) is 0.502. The van der Waals surface area contributed by atoms with E-state index in [9.17, 15) is 13.2 Å². The lowest BCUT2D eigenvalue weighted by Gasteiger charge is -2.18. The fraction of sp³-hybridized carbons (Fsp3) is 0.222. The molecule has 3 rings (SSSR count). The summed E-state index contributed by atoms with van der Waals surface area (Å²) >= 11 is 3.38. The largest absolute Gasteiger partial charge is 0.573 e. The molecule has 2 aromatic carbocycles. The van der Waals surface area contributed by atoms with E-state index in [-0.39, 0.29) is 18.8 Å². The van der Waals surface area contributed by atoms with Crippen LogP contribution in [0.1, 0.15) is 11.5 Å². The summed E-state index contributed by atoms with van der Waals surface area (Å²) in [5.74, 6) is 0.513. The van der Waals surface area contributed by atoms with E-state index in [0.29, 0.717) is 17.3 Å². The van der Waals surface area contributed by atoms with Crippen molar-refractivity contribution in [1.82, 2.24) is 15.1 Å². The zero-order valence-corrected chi connectivity index (χ0v) is 15.8. The van der Waals surface area contributed by atoms with E-state index < -0.39 is 6.36 Å². The predicted molar refractivity (Wildman–Crippen MR) is 95.7 cm³/mol. The average Bonchev–Trinajstić information content (AvgIpc) is 3.04. The van der Waals surface area contributed by atoms with E-state index in [1.54, 1.807) is 24.1 Å². The van der Waals surface area contributed by atoms with Crippen LogP contribution >= 0.6 is 15.9 Å². The van der Waals surface area contributed by atoms with Gasteiger partial charge in [0.25, 0.3) is 0 Å². The van der Waals surface area contributed by atoms with E-state index in [1.165, 1.54) is 12.1 Å². The molecule has 0 saturated carbocycles. The lowest BCUT2D eigenvalue weighted by molar-refractivity contribution is -0.275. The zero-order chi connectivity index (χ0) is 19.4. The number of alkyl halides is 3. The monoisotopic (exact) mass is 441 g/mol. The van der Waals surface area contributed by atoms with Crippen LogP contribution in [0.25, 0.3) is 11.5 Å². The van der Waals surface area contributed by atoms with Crippen molar-refractivity contribution in [2.75, 3.05) is 7.05 Å². The van der Waals surface area contributed by atoms with Crippen LogP contribution in [0.4, 0.5) is 13.2 Å². The maximum Gasteiger partial charge on any atom is 0.573 e. The Balaban J connectivity index is 1.68. The fourth-order valence-corrected chi connectivity index (χ4v) is 2.89. The smallest absolute Gasteiger partial charge is 0.419 e. The van der Waals surface area contributed by atoms with Gasteiger partial charge < -0.3 is 9.15 Å². The predicted octanol–water partition coefficient (Wildman–Crippen LogP) is 5.03. The van der Waals surface area contributed by atoms with Crippen LogP contribution in [0.15, 0.2) is 57.4 Å². The molecule has 0 unspecified atom stereocenters. The Hall–Kier alpha value is -2.39. The van der Waals surface area contributed by atoms with Gasteiger partial charge in [0.15, 0.2) is 0 Å². The molecule has 0 spiro atoms. The van der Waals surface area contributed by atoms with Gasteiger partial charge in [-0.15, -0.1) is 23.4 Å². The van der Waals surface area contributed by atoms with E-state index in [1.807, 2.05) is 24.3 Å². The number of halogens is 4. The maximum atomic E-state index is 12.5. The highest BCUT2D eigenvalue weighted by Crippen LogP contribution is 2.27. The average molecular weight is 442 g/mol. The summed E-state index contributed by atoms with van der Waals surface area (Å²) in [5.41, 5.74) is 1.18. The number of aromatic nitrogens is 2. The highest BCUT2D eigenvalue weighted by molar-refractivity contribution is 9.10. The second-order valence-corrected chi connectivity index (χ2v) is 6.75. The Morgan fingerprint density at radius 1 is 1.07 bits per heavy atom. The lowest BCUT2D eigenvalue weighted by Crippen LogP contribution is -2.21. The van der Waals surface area contributed by atoms with Gasteiger partial charge in [0.2, 0.25) is 11.8 Å². The molecule has 9 heteroatoms. The van der Waals surface area contributed by atoms with E-state index in [0.717, 1.165) is 10.0 Å². The van der Waals surface area contributed by atoms with Gasteiger partial charge in [0.1, 0.15) is 5.75 Å². The fourth-order valence-electron chi connectivity index (χ4n) is 2.49. The molecule has 142 valence electrons. The standard InChI is InChI=1S/C18H15BrF3N3O2/c1-25(10-13-5-2-3-8-15(13)27-18(20,21)22)11-16-23-24-17(26-16)12-6-4-7-14(19)9-12/h2-9H,10-11H2,1H3. The van der Waals surface area contributed by atoms with Crippen molar-refractivity contribution in [1.29, 1.82) is 0 Å². The van der Waals surface area contributed by atoms with E-state index in [4.69, 9.17) is 4.42 Å². The summed E-state index contributed by atoms with van der Waals surface area (Å²) in [6, 6.07) is 13.5. The molecular formula is C18H15BrF3N3O2. The number of hydrogen-bond donors (Lipinski definition) is 0. The van der Waals surface area contributed by atoms with Crippen molar-refractivity contribution in [3.8, 4) is 17.2 Å². The molecule has 27 heavy (non-hydrogen) atoms. The van der Waals surface area contributed by atoms with Crippen LogP contribution < -0.4 is 4.74 Å². The maximum absolute atomic E-state index is 12.5. The molecule has 1 heterocycles. The Kier molecular flexibility index (Phi) is 5.81. The first-order valence-corrected chi connectivity index (χ1v) is 8.70. The number of para-hydroxylation sites is 1. The normalized spacial score (nSPS) is 11.8. The van der Waals surface area contributed by atoms with Gasteiger partial charge in [0.05, 0.1) is 6.54 Å². The van der Waals surface area contributed by atoms with Gasteiger partial charge >= 0.3 is 6.36 Å². The SMILES string of the molecule is CN(Cc1nnc(-c2cccc(Br)c2)o1)Cc1ccccc1OC(F)(F)F. The topological polar surface area (TPSA) is 51.4 Å². The first-order valence-electron chi connectivity index (χ1n) is 7.91. The van der Waals surface area contributed by atoms with Crippen LogP contribution in [0.5, 0.6) is 5.75 Å². The molecule has 3 aromatic rings. The highest BCUT2D eigenvalue weighted by Gasteiger charge is 2.32. The summed E-state index contributed by atoms with van der Waals surface area (Å²) in [7, 11) is 1.74. The number of hydrogen-bond acceptors (Lipinski definition) is 5. The minimum absolute atomic E-state index is 0.223. The van der Waals surface area contributed by atoms with Crippen LogP contribution in [-0.2, 0) is 13.1 Å². The highest BCUT2D eigenvalue weighted by atomic mass is 79.9. The molecule has 0 radical (unpaired) electrons. The molecule has 0 bridgehead atoms. The third-order valence-electron chi connectivity index (χ3n) is 3.58. The summed E-state index contributed by atoms with van der Waals surface area (Å²) in [6.07, 6.45) is -4.74. The molecule has 0 aliphatic carbocycles. The quantitative estimate of drug-likeness (QED) is 0.536. The Morgan fingerprint density at radius 2 is 1.85 bits per heavy atom. The zero-order valence-electron chi connectivity index (χ0n) is 14.2. The van der Waals surface area contributed by atoms with Gasteiger partial charge in [-0.1, -0.05) is 40.2 Å². The minimum atomic E-state index is -4.74. The van der Waals surface area contributed by atoms with Gasteiger partial charge in [-0.2, -0.15) is 0 Å². The minimum Gasteiger partial charge on any atom is -0.419 e. The summed E-state index contributed by atoms with van der Waals surface area (Å²) in [5, 5.41) is 8.02. The van der Waals surface area contributed by atoms with Crippen LogP contribution in [0.3, 0.4) is 0 Å². The summed E-state index contributed by atoms with van der Waals surface area (Å²) < 4.78 is 48.2. The second-order valence-electron chi connectivity index (χ2n) is 5.84. The van der Waals surface area contributed by atoms with E-state index >= 15 is 0 Å². The van der Waals surface area contributed by atoms with Crippen molar-refractivity contribution < 1.29 is 22.3 Å². The molecule has 1 aromatic heterocycles. The molecule has 0 aliphatic heterocycles. The third kappa shape index (κ3) is 5.54. The van der Waals surface area contributed by atoms with Crippen molar-refractivity contribution in [2.45, 2.75) is 19.5 Å². The molecular weight excluding hydrogens is 427 g/mol. The number of benzene rings is 2. The van der Waals surface area contributed by atoms with Gasteiger partial charge in [-0.05, 0) is 31.3 Å². The molecule has 0 saturated heterocycles. The molecule has 0 aliphatic rings. The Morgan fingerprint density at radius 3 is 2.59 bits per heavy atom. The number of ether oxygens (including phenoxy) is 1. The molecule has 0 N–H and O–H groups in total. The Bertz CT molecular complexity index is 915. The van der Waals surface area contributed by atoms with Crippen molar-refractivity contribution >= 4 is 15.9 Å². The van der Waals surface area contributed by atoms with E-state index in [2.05, 4.69) is 30.9 Å². The molecule has 0 amide bonds. The lowest BCUT2D eigenvalue weighted by atomic mass is 10.2. The Labute approximate surface area is 161 Å². The van der Waals surface area contributed by atoms with Gasteiger partial charge in [-0.25, -0.2) is 0 Å². The second kappa shape index (κ2) is 8.10. The van der Waals surface area contributed by atoms with Gasteiger partial charge in [0, 0.05) is 22.1 Å². The molecule has 0 atom stereocenters. The first kappa shape index (κ1) is 19.4. The molecule has 5 nitrogen and oxygen atoms in total. The van der Waals surface area contributed by atoms with Crippen LogP contribution in [0.2, 0.25) is 0 Å². The first-order chi connectivity index (χ1) is 12.8. The number of rotatable bonds is 6. The van der Waals surface area contributed by atoms with Crippen molar-refractivity contribution in [3.63, 3.8) is 0 Å². The molecule has 0 fully saturated rings. The van der Waals surface area contributed by atoms with Crippen LogP contribution in [-0.4, -0.2) is 28.5 Å². The van der Waals surface area contributed by atoms with Crippen LogP contribution in [0, 0.1) is 0 Å². The third-order valence-corrected chi connectivity index (χ3v) is 4.08. The van der Waals surface area contributed by atoms with Gasteiger partial charge in [-0.3, -0.25) is 4.90 Å². The van der Waals surface area contributed by atoms with Crippen molar-refractivity contribution in [2.24, 2.45) is 0 Å². The summed E-state index contributed by atoms with van der Waals surface area (Å²) in [4.78, 5) is 1.76. The number of nitrogens with zero attached hydrogens (tertiary/aromatic N) is 3. The van der Waals surface area contributed by atoms with Crippen molar-refractivity contribution in [3.05, 3.63) is 64.5 Å².